The first-order chi connectivity index (χ1) is 11.2. The Hall–Kier alpha value is -2.19. The lowest BCUT2D eigenvalue weighted by atomic mass is 9.93. The van der Waals surface area contributed by atoms with Crippen LogP contribution in [0.2, 0.25) is 0 Å². The summed E-state index contributed by atoms with van der Waals surface area (Å²) in [5.74, 6) is 0.330. The monoisotopic (exact) mass is 308 g/mol. The SMILES string of the molecule is CO[C@H](C/C=C/[C@H](CC(C)=O)c1ccccc1)c1ccccc1. The lowest BCUT2D eigenvalue weighted by molar-refractivity contribution is -0.117. The molecule has 0 N–H and O–H groups in total. The minimum Gasteiger partial charge on any atom is -0.376 e. The number of carbonyl (C=O) groups is 1. The largest absolute Gasteiger partial charge is 0.376 e. The summed E-state index contributed by atoms with van der Waals surface area (Å²) in [5, 5.41) is 0. The average molecular weight is 308 g/mol. The fourth-order valence-corrected chi connectivity index (χ4v) is 2.71. The van der Waals surface area contributed by atoms with E-state index in [0.717, 1.165) is 6.42 Å². The highest BCUT2D eigenvalue weighted by molar-refractivity contribution is 5.76. The van der Waals surface area contributed by atoms with Crippen molar-refractivity contribution in [3.8, 4) is 0 Å². The zero-order valence-corrected chi connectivity index (χ0v) is 13.8. The van der Waals surface area contributed by atoms with E-state index in [-0.39, 0.29) is 17.8 Å². The minimum atomic E-state index is 0.0428. The third-order valence-corrected chi connectivity index (χ3v) is 3.91. The van der Waals surface area contributed by atoms with Crippen LogP contribution in [-0.2, 0) is 9.53 Å². The molecule has 2 nitrogen and oxygen atoms in total. The van der Waals surface area contributed by atoms with Crippen LogP contribution in [0.5, 0.6) is 0 Å². The molecule has 0 aromatic heterocycles. The van der Waals surface area contributed by atoms with Crippen molar-refractivity contribution in [2.24, 2.45) is 0 Å². The van der Waals surface area contributed by atoms with Gasteiger partial charge in [0.15, 0.2) is 0 Å². The van der Waals surface area contributed by atoms with E-state index in [9.17, 15) is 4.79 Å². The first-order valence-corrected chi connectivity index (χ1v) is 7.99. The van der Waals surface area contributed by atoms with Gasteiger partial charge in [0.25, 0.3) is 0 Å². The molecular weight excluding hydrogens is 284 g/mol. The van der Waals surface area contributed by atoms with E-state index in [1.54, 1.807) is 14.0 Å². The van der Waals surface area contributed by atoms with Crippen molar-refractivity contribution in [1.29, 1.82) is 0 Å². The molecule has 0 radical (unpaired) electrons. The number of ether oxygens (including phenoxy) is 1. The molecule has 2 heteroatoms. The van der Waals surface area contributed by atoms with Gasteiger partial charge < -0.3 is 4.74 Å². The lowest BCUT2D eigenvalue weighted by Crippen LogP contribution is -2.03. The maximum absolute atomic E-state index is 11.5. The number of allylic oxidation sites excluding steroid dienone is 1. The maximum atomic E-state index is 11.5. The zero-order chi connectivity index (χ0) is 16.5. The van der Waals surface area contributed by atoms with Gasteiger partial charge in [0.05, 0.1) is 6.10 Å². The van der Waals surface area contributed by atoms with Crippen molar-refractivity contribution in [3.05, 3.63) is 83.9 Å². The normalized spacial score (nSPS) is 13.8. The Morgan fingerprint density at radius 1 is 1.00 bits per heavy atom. The molecule has 2 rings (SSSR count). The topological polar surface area (TPSA) is 26.3 Å². The number of carbonyl (C=O) groups excluding carboxylic acids is 1. The molecule has 120 valence electrons. The summed E-state index contributed by atoms with van der Waals surface area (Å²) in [6, 6.07) is 20.4. The van der Waals surface area contributed by atoms with Gasteiger partial charge in [-0.3, -0.25) is 4.79 Å². The quantitative estimate of drug-likeness (QED) is 0.635. The Labute approximate surface area is 138 Å². The van der Waals surface area contributed by atoms with E-state index in [0.29, 0.717) is 6.42 Å². The molecule has 2 aromatic rings. The maximum Gasteiger partial charge on any atom is 0.130 e. The van der Waals surface area contributed by atoms with Crippen molar-refractivity contribution in [1.82, 2.24) is 0 Å². The molecule has 23 heavy (non-hydrogen) atoms. The number of benzene rings is 2. The van der Waals surface area contributed by atoms with Crippen LogP contribution >= 0.6 is 0 Å². The number of hydrogen-bond acceptors (Lipinski definition) is 2. The van der Waals surface area contributed by atoms with Crippen molar-refractivity contribution in [2.45, 2.75) is 31.8 Å². The van der Waals surface area contributed by atoms with Gasteiger partial charge in [0.1, 0.15) is 5.78 Å². The Kier molecular flexibility index (Phi) is 6.76. The van der Waals surface area contributed by atoms with Crippen molar-refractivity contribution < 1.29 is 9.53 Å². The fraction of sp³-hybridized carbons (Fsp3) is 0.286. The standard InChI is InChI=1S/C21H24O2/c1-17(22)16-20(18-10-5-3-6-11-18)14-9-15-21(23-2)19-12-7-4-8-13-19/h3-14,20-21H,15-16H2,1-2H3/b14-9+/t20-,21-/m1/s1. The van der Waals surface area contributed by atoms with E-state index in [4.69, 9.17) is 4.74 Å². The molecular formula is C21H24O2. The molecule has 0 spiro atoms. The molecule has 0 bridgehead atoms. The van der Waals surface area contributed by atoms with Crippen LogP contribution in [-0.4, -0.2) is 12.9 Å². The van der Waals surface area contributed by atoms with Gasteiger partial charge in [-0.05, 0) is 24.5 Å². The summed E-state index contributed by atoms with van der Waals surface area (Å²) in [6.07, 6.45) is 5.62. The number of hydrogen-bond donors (Lipinski definition) is 0. The van der Waals surface area contributed by atoms with Gasteiger partial charge in [0, 0.05) is 19.4 Å². The van der Waals surface area contributed by atoms with Crippen LogP contribution in [0.4, 0.5) is 0 Å². The summed E-state index contributed by atoms with van der Waals surface area (Å²) >= 11 is 0. The Morgan fingerprint density at radius 2 is 1.57 bits per heavy atom. The zero-order valence-electron chi connectivity index (χ0n) is 13.8. The average Bonchev–Trinajstić information content (AvgIpc) is 2.59. The summed E-state index contributed by atoms with van der Waals surface area (Å²) in [7, 11) is 1.73. The summed E-state index contributed by atoms with van der Waals surface area (Å²) < 4.78 is 5.59. The minimum absolute atomic E-state index is 0.0428. The van der Waals surface area contributed by atoms with E-state index in [1.807, 2.05) is 36.4 Å². The number of Topliss-reactive ketones (excluding diaryl/α,β-unsaturated/α-hetero) is 1. The molecule has 0 heterocycles. The highest BCUT2D eigenvalue weighted by Gasteiger charge is 2.12. The molecule has 0 aliphatic carbocycles. The van der Waals surface area contributed by atoms with Crippen molar-refractivity contribution in [2.75, 3.05) is 7.11 Å². The molecule has 0 aliphatic heterocycles. The van der Waals surface area contributed by atoms with Crippen LogP contribution in [0.25, 0.3) is 0 Å². The van der Waals surface area contributed by atoms with Crippen LogP contribution in [0.1, 0.15) is 42.9 Å². The summed E-state index contributed by atoms with van der Waals surface area (Å²) in [6.45, 7) is 1.64. The Balaban J connectivity index is 2.06. The molecule has 0 unspecified atom stereocenters. The third kappa shape index (κ3) is 5.50. The number of ketones is 1. The highest BCUT2D eigenvalue weighted by Crippen LogP contribution is 2.24. The van der Waals surface area contributed by atoms with Crippen molar-refractivity contribution >= 4 is 5.78 Å². The van der Waals surface area contributed by atoms with Crippen LogP contribution < -0.4 is 0 Å². The molecule has 2 atom stereocenters. The number of rotatable bonds is 8. The van der Waals surface area contributed by atoms with E-state index in [2.05, 4.69) is 36.4 Å². The predicted octanol–water partition coefficient (Wildman–Crippen LogP) is 5.08. The van der Waals surface area contributed by atoms with Gasteiger partial charge in [-0.25, -0.2) is 0 Å². The van der Waals surface area contributed by atoms with E-state index < -0.39 is 0 Å². The summed E-state index contributed by atoms with van der Waals surface area (Å²) in [4.78, 5) is 11.5. The second-order valence-electron chi connectivity index (χ2n) is 5.72. The van der Waals surface area contributed by atoms with Crippen LogP contribution in [0.3, 0.4) is 0 Å². The first-order valence-electron chi connectivity index (χ1n) is 7.99. The molecule has 0 amide bonds. The van der Waals surface area contributed by atoms with Gasteiger partial charge in [0.2, 0.25) is 0 Å². The van der Waals surface area contributed by atoms with Crippen LogP contribution in [0.15, 0.2) is 72.8 Å². The van der Waals surface area contributed by atoms with Crippen molar-refractivity contribution in [3.63, 3.8) is 0 Å². The predicted molar refractivity (Wildman–Crippen MR) is 94.4 cm³/mol. The van der Waals surface area contributed by atoms with Gasteiger partial charge in [-0.2, -0.15) is 0 Å². The first kappa shape index (κ1) is 17.2. The molecule has 0 aliphatic rings. The number of methoxy groups -OCH3 is 1. The van der Waals surface area contributed by atoms with E-state index in [1.165, 1.54) is 11.1 Å². The molecule has 0 saturated carbocycles. The molecule has 0 fully saturated rings. The highest BCUT2D eigenvalue weighted by atomic mass is 16.5. The molecule has 2 aromatic carbocycles. The molecule has 0 saturated heterocycles. The summed E-state index contributed by atoms with van der Waals surface area (Å²) in [5.41, 5.74) is 2.34. The van der Waals surface area contributed by atoms with Gasteiger partial charge >= 0.3 is 0 Å². The fourth-order valence-electron chi connectivity index (χ4n) is 2.71. The third-order valence-electron chi connectivity index (χ3n) is 3.91. The lowest BCUT2D eigenvalue weighted by Gasteiger charge is -2.15. The second kappa shape index (κ2) is 9.06. The Bertz CT molecular complexity index is 617. The Morgan fingerprint density at radius 3 is 2.09 bits per heavy atom. The van der Waals surface area contributed by atoms with Crippen LogP contribution in [0, 0.1) is 0 Å². The second-order valence-corrected chi connectivity index (χ2v) is 5.72. The van der Waals surface area contributed by atoms with Gasteiger partial charge in [-0.15, -0.1) is 0 Å². The van der Waals surface area contributed by atoms with Gasteiger partial charge in [-0.1, -0.05) is 72.8 Å². The van der Waals surface area contributed by atoms with E-state index >= 15 is 0 Å². The smallest absolute Gasteiger partial charge is 0.130 e.